The van der Waals surface area contributed by atoms with Gasteiger partial charge in [0.25, 0.3) is 0 Å². The Bertz CT molecular complexity index is 356. The lowest BCUT2D eigenvalue weighted by Gasteiger charge is -2.27. The van der Waals surface area contributed by atoms with Crippen molar-refractivity contribution in [2.75, 3.05) is 0 Å². The largest absolute Gasteiger partial charge is 0.460 e. The van der Waals surface area contributed by atoms with E-state index in [-0.39, 0.29) is 6.20 Å². The zero-order valence-corrected chi connectivity index (χ0v) is 7.33. The molecule has 0 unspecified atom stereocenters. The Hall–Kier alpha value is -1.34. The molecule has 0 saturated carbocycles. The molecule has 0 aliphatic heterocycles. The average Bonchev–Trinajstić information content (AvgIpc) is 2.17. The number of alkyl halides is 7. The van der Waals surface area contributed by atoms with Gasteiger partial charge in [-0.2, -0.15) is 30.7 Å². The van der Waals surface area contributed by atoms with Crippen molar-refractivity contribution in [1.82, 2.24) is 4.98 Å². The van der Waals surface area contributed by atoms with Gasteiger partial charge in [0.05, 0.1) is 0 Å². The van der Waals surface area contributed by atoms with Gasteiger partial charge >= 0.3 is 18.0 Å². The third-order valence-electron chi connectivity index (χ3n) is 1.71. The van der Waals surface area contributed by atoms with E-state index in [0.717, 1.165) is 6.20 Å². The van der Waals surface area contributed by atoms with Gasteiger partial charge in [0, 0.05) is 24.0 Å². The Morgan fingerprint density at radius 1 is 1.00 bits per heavy atom. The summed E-state index contributed by atoms with van der Waals surface area (Å²) in [5.41, 5.74) is -1.54. The topological polar surface area (TPSA) is 12.9 Å². The van der Waals surface area contributed by atoms with E-state index in [1.807, 2.05) is 6.07 Å². The summed E-state index contributed by atoms with van der Waals surface area (Å²) in [5.74, 6) is -11.5. The van der Waals surface area contributed by atoms with E-state index in [1.54, 1.807) is 0 Å². The van der Waals surface area contributed by atoms with E-state index in [1.165, 1.54) is 0 Å². The summed E-state index contributed by atoms with van der Waals surface area (Å²) < 4.78 is 86.0. The molecule has 0 bridgehead atoms. The van der Waals surface area contributed by atoms with E-state index >= 15 is 0 Å². The third-order valence-corrected chi connectivity index (χ3v) is 1.71. The molecule has 0 atom stereocenters. The molecule has 1 heterocycles. The molecule has 16 heavy (non-hydrogen) atoms. The molecule has 1 aromatic rings. The van der Waals surface area contributed by atoms with Crippen LogP contribution in [0.3, 0.4) is 0 Å². The molecule has 1 aromatic heterocycles. The molecule has 8 heteroatoms. The molecule has 0 aliphatic rings. The van der Waals surface area contributed by atoms with Crippen molar-refractivity contribution in [3.05, 3.63) is 30.1 Å². The van der Waals surface area contributed by atoms with Crippen molar-refractivity contribution in [3.63, 3.8) is 0 Å². The van der Waals surface area contributed by atoms with Gasteiger partial charge in [0.2, 0.25) is 0 Å². The monoisotopic (exact) mass is 246 g/mol. The summed E-state index contributed by atoms with van der Waals surface area (Å²) in [5, 5.41) is 0. The van der Waals surface area contributed by atoms with Gasteiger partial charge in [0.15, 0.2) is 0 Å². The molecule has 0 fully saturated rings. The fourth-order valence-electron chi connectivity index (χ4n) is 0.856. The maximum absolute atomic E-state index is 12.9. The van der Waals surface area contributed by atoms with Crippen molar-refractivity contribution in [1.29, 1.82) is 0 Å². The van der Waals surface area contributed by atoms with Crippen LogP contribution in [0.2, 0.25) is 0 Å². The van der Waals surface area contributed by atoms with Crippen LogP contribution in [0, 0.1) is 6.07 Å². The lowest BCUT2D eigenvalue weighted by atomic mass is 10.0. The fraction of sp³-hybridized carbons (Fsp3) is 0.375. The lowest BCUT2D eigenvalue weighted by molar-refractivity contribution is -0.359. The van der Waals surface area contributed by atoms with E-state index in [2.05, 4.69) is 4.98 Å². The maximum atomic E-state index is 12.9. The van der Waals surface area contributed by atoms with Gasteiger partial charge in [-0.1, -0.05) is 0 Å². The van der Waals surface area contributed by atoms with Crippen molar-refractivity contribution in [2.24, 2.45) is 0 Å². The van der Waals surface area contributed by atoms with Crippen LogP contribution in [0.1, 0.15) is 5.56 Å². The van der Waals surface area contributed by atoms with Crippen LogP contribution >= 0.6 is 0 Å². The first-order valence-electron chi connectivity index (χ1n) is 3.74. The molecule has 1 rings (SSSR count). The van der Waals surface area contributed by atoms with Crippen LogP contribution in [0.25, 0.3) is 0 Å². The number of nitrogens with zero attached hydrogens (tertiary/aromatic N) is 1. The number of hydrogen-bond acceptors (Lipinski definition) is 1. The number of rotatable bonds is 2. The first-order chi connectivity index (χ1) is 7.11. The number of halogens is 7. The van der Waals surface area contributed by atoms with Crippen molar-refractivity contribution < 1.29 is 30.7 Å². The molecule has 0 aliphatic carbocycles. The van der Waals surface area contributed by atoms with Crippen LogP contribution in [0.5, 0.6) is 0 Å². The zero-order valence-electron chi connectivity index (χ0n) is 7.33. The van der Waals surface area contributed by atoms with Gasteiger partial charge in [-0.25, -0.2) is 0 Å². The van der Waals surface area contributed by atoms with Crippen LogP contribution < -0.4 is 0 Å². The van der Waals surface area contributed by atoms with E-state index in [9.17, 15) is 30.7 Å². The van der Waals surface area contributed by atoms with Gasteiger partial charge < -0.3 is 0 Å². The van der Waals surface area contributed by atoms with Crippen LogP contribution in [-0.2, 0) is 5.92 Å². The maximum Gasteiger partial charge on any atom is 0.460 e. The first kappa shape index (κ1) is 12.7. The molecule has 0 saturated heterocycles. The SMILES string of the molecule is FC(F)(F)C(F)(F)C(F)(F)c1c[c]cnc1. The number of aromatic nitrogens is 1. The normalized spacial score (nSPS) is 13.9. The Morgan fingerprint density at radius 2 is 1.56 bits per heavy atom. The summed E-state index contributed by atoms with van der Waals surface area (Å²) in [6.45, 7) is 0. The standard InChI is InChI=1S/C8H3F7N/c9-6(10,5-2-1-3-16-4-5)7(11,12)8(13,14)15/h2-4H. The summed E-state index contributed by atoms with van der Waals surface area (Å²) in [6, 6.07) is 2.22. The minimum absolute atomic E-state index is 0.232. The van der Waals surface area contributed by atoms with Crippen LogP contribution in [0.15, 0.2) is 18.5 Å². The highest BCUT2D eigenvalue weighted by atomic mass is 19.4. The molecule has 0 amide bonds. The summed E-state index contributed by atoms with van der Waals surface area (Å²) in [7, 11) is 0. The summed E-state index contributed by atoms with van der Waals surface area (Å²) in [6.07, 6.45) is -5.26. The van der Waals surface area contributed by atoms with Gasteiger partial charge in [0.1, 0.15) is 0 Å². The Balaban J connectivity index is 3.22. The van der Waals surface area contributed by atoms with Crippen molar-refractivity contribution in [2.45, 2.75) is 18.0 Å². The van der Waals surface area contributed by atoms with E-state index in [4.69, 9.17) is 0 Å². The highest BCUT2D eigenvalue weighted by Gasteiger charge is 2.73. The van der Waals surface area contributed by atoms with Crippen molar-refractivity contribution >= 4 is 0 Å². The van der Waals surface area contributed by atoms with Gasteiger partial charge in [-0.05, 0) is 6.07 Å². The molecule has 0 N–H and O–H groups in total. The highest BCUT2D eigenvalue weighted by molar-refractivity contribution is 5.18. The smallest absolute Gasteiger partial charge is 0.264 e. The van der Waals surface area contributed by atoms with E-state index in [0.29, 0.717) is 6.07 Å². The molecular formula is C8H3F7N. The number of hydrogen-bond donors (Lipinski definition) is 0. The predicted molar refractivity (Wildman–Crippen MR) is 38.0 cm³/mol. The molecule has 1 radical (unpaired) electrons. The Labute approximate surface area is 84.9 Å². The summed E-state index contributed by atoms with van der Waals surface area (Å²) >= 11 is 0. The Morgan fingerprint density at radius 3 is 1.94 bits per heavy atom. The third kappa shape index (κ3) is 1.83. The van der Waals surface area contributed by atoms with E-state index < -0.39 is 23.6 Å². The molecule has 89 valence electrons. The molecule has 1 nitrogen and oxygen atoms in total. The quantitative estimate of drug-likeness (QED) is 0.730. The minimum Gasteiger partial charge on any atom is -0.264 e. The van der Waals surface area contributed by atoms with Gasteiger partial charge in [-0.3, -0.25) is 4.98 Å². The van der Waals surface area contributed by atoms with Crippen molar-refractivity contribution in [3.8, 4) is 0 Å². The fourth-order valence-corrected chi connectivity index (χ4v) is 0.856. The first-order valence-corrected chi connectivity index (χ1v) is 3.74. The second kappa shape index (κ2) is 3.60. The minimum atomic E-state index is -6.34. The average molecular weight is 246 g/mol. The lowest BCUT2D eigenvalue weighted by Crippen LogP contribution is -2.50. The highest BCUT2D eigenvalue weighted by Crippen LogP contribution is 2.51. The summed E-state index contributed by atoms with van der Waals surface area (Å²) in [4.78, 5) is 3.01. The second-order valence-corrected chi connectivity index (χ2v) is 2.82. The molecular weight excluding hydrogens is 243 g/mol. The zero-order chi connectivity index (χ0) is 12.6. The Kier molecular flexibility index (Phi) is 2.86. The molecule has 0 aromatic carbocycles. The van der Waals surface area contributed by atoms with Gasteiger partial charge in [-0.15, -0.1) is 0 Å². The number of pyridine rings is 1. The van der Waals surface area contributed by atoms with Crippen LogP contribution in [-0.4, -0.2) is 17.1 Å². The van der Waals surface area contributed by atoms with Crippen LogP contribution in [0.4, 0.5) is 30.7 Å². The predicted octanol–water partition coefficient (Wildman–Crippen LogP) is 3.17. The second-order valence-electron chi connectivity index (χ2n) is 2.82. The molecule has 0 spiro atoms.